The Balaban J connectivity index is 3.16. The molecule has 54 valence electrons. The molecule has 0 radical (unpaired) electrons. The third kappa shape index (κ3) is 5.10. The van der Waals surface area contributed by atoms with E-state index in [1.54, 1.807) is 7.11 Å². The average Bonchev–Trinajstić information content (AvgIpc) is 1.83. The van der Waals surface area contributed by atoms with Crippen LogP contribution in [0.25, 0.3) is 0 Å². The number of amides is 2. The highest BCUT2D eigenvalue weighted by Crippen LogP contribution is 1.81. The maximum absolute atomic E-state index is 10.1. The van der Waals surface area contributed by atoms with E-state index in [4.69, 9.17) is 10.5 Å². The van der Waals surface area contributed by atoms with Gasteiger partial charge in [0.05, 0.1) is 6.10 Å². The van der Waals surface area contributed by atoms with E-state index in [2.05, 4.69) is 5.32 Å². The molecule has 3 N–H and O–H groups in total. The number of ether oxygens (including phenoxy) is 1. The summed E-state index contributed by atoms with van der Waals surface area (Å²) < 4.78 is 4.83. The molecule has 1 atom stereocenters. The number of rotatable bonds is 3. The minimum absolute atomic E-state index is 0.0255. The van der Waals surface area contributed by atoms with Crippen LogP contribution in [0.5, 0.6) is 0 Å². The van der Waals surface area contributed by atoms with Crippen molar-refractivity contribution in [2.75, 3.05) is 13.7 Å². The van der Waals surface area contributed by atoms with E-state index >= 15 is 0 Å². The van der Waals surface area contributed by atoms with Crippen LogP contribution in [0, 0.1) is 0 Å². The average molecular weight is 132 g/mol. The van der Waals surface area contributed by atoms with Crippen molar-refractivity contribution in [3.8, 4) is 0 Å². The van der Waals surface area contributed by atoms with Gasteiger partial charge in [-0.15, -0.1) is 0 Å². The molecule has 0 aliphatic carbocycles. The van der Waals surface area contributed by atoms with Crippen LogP contribution in [0.15, 0.2) is 0 Å². The largest absolute Gasteiger partial charge is 0.380 e. The monoisotopic (exact) mass is 132 g/mol. The van der Waals surface area contributed by atoms with E-state index in [9.17, 15) is 4.79 Å². The molecular weight excluding hydrogens is 120 g/mol. The second-order valence-electron chi connectivity index (χ2n) is 1.79. The van der Waals surface area contributed by atoms with Crippen LogP contribution < -0.4 is 11.1 Å². The zero-order valence-electron chi connectivity index (χ0n) is 5.68. The number of hydrogen-bond acceptors (Lipinski definition) is 2. The van der Waals surface area contributed by atoms with Crippen molar-refractivity contribution in [3.05, 3.63) is 0 Å². The van der Waals surface area contributed by atoms with E-state index in [1.165, 1.54) is 0 Å². The number of carbonyl (C=O) groups is 1. The van der Waals surface area contributed by atoms with E-state index in [-0.39, 0.29) is 6.10 Å². The van der Waals surface area contributed by atoms with Crippen LogP contribution in [-0.2, 0) is 4.74 Å². The number of urea groups is 1. The lowest BCUT2D eigenvalue weighted by Gasteiger charge is -2.07. The molecular formula is C5H12N2O2. The van der Waals surface area contributed by atoms with Gasteiger partial charge < -0.3 is 15.8 Å². The predicted molar refractivity (Wildman–Crippen MR) is 34.1 cm³/mol. The molecule has 0 heterocycles. The fourth-order valence-electron chi connectivity index (χ4n) is 0.328. The fraction of sp³-hybridized carbons (Fsp3) is 0.800. The molecule has 4 nitrogen and oxygen atoms in total. The Labute approximate surface area is 54.4 Å². The number of carbonyl (C=O) groups excluding carboxylic acids is 1. The highest BCUT2D eigenvalue weighted by atomic mass is 16.5. The van der Waals surface area contributed by atoms with Crippen molar-refractivity contribution in [1.82, 2.24) is 5.32 Å². The zero-order valence-corrected chi connectivity index (χ0v) is 5.68. The Morgan fingerprint density at radius 2 is 2.44 bits per heavy atom. The van der Waals surface area contributed by atoms with Crippen molar-refractivity contribution < 1.29 is 9.53 Å². The quantitative estimate of drug-likeness (QED) is 0.553. The summed E-state index contributed by atoms with van der Waals surface area (Å²) >= 11 is 0. The fourth-order valence-corrected chi connectivity index (χ4v) is 0.328. The van der Waals surface area contributed by atoms with Gasteiger partial charge in [0.1, 0.15) is 0 Å². The molecule has 0 fully saturated rings. The number of nitrogens with two attached hydrogens (primary N) is 1. The lowest BCUT2D eigenvalue weighted by Crippen LogP contribution is -2.35. The molecule has 0 rings (SSSR count). The molecule has 0 aromatic carbocycles. The third-order valence-electron chi connectivity index (χ3n) is 0.966. The SMILES string of the molecule is COC(C)CNC(N)=O. The van der Waals surface area contributed by atoms with Gasteiger partial charge in [-0.2, -0.15) is 0 Å². The summed E-state index contributed by atoms with van der Waals surface area (Å²) in [7, 11) is 1.58. The first kappa shape index (κ1) is 8.23. The van der Waals surface area contributed by atoms with E-state index in [0.717, 1.165) is 0 Å². The molecule has 4 heteroatoms. The predicted octanol–water partition coefficient (Wildman–Crippen LogP) is -0.310. The van der Waals surface area contributed by atoms with Gasteiger partial charge in [-0.05, 0) is 6.92 Å². The Bertz CT molecular complexity index is 95.0. The summed E-state index contributed by atoms with van der Waals surface area (Å²) in [6, 6.07) is -0.515. The summed E-state index contributed by atoms with van der Waals surface area (Å²) in [6.45, 7) is 2.31. The van der Waals surface area contributed by atoms with Gasteiger partial charge in [0.25, 0.3) is 0 Å². The summed E-state index contributed by atoms with van der Waals surface area (Å²) in [6.07, 6.45) is 0.0255. The molecule has 0 saturated carbocycles. The Kier molecular flexibility index (Phi) is 3.79. The van der Waals surface area contributed by atoms with Crippen molar-refractivity contribution in [1.29, 1.82) is 0 Å². The van der Waals surface area contributed by atoms with Crippen molar-refractivity contribution in [2.24, 2.45) is 5.73 Å². The van der Waals surface area contributed by atoms with Gasteiger partial charge in [-0.25, -0.2) is 4.79 Å². The minimum Gasteiger partial charge on any atom is -0.380 e. The summed E-state index contributed by atoms with van der Waals surface area (Å²) in [4.78, 5) is 10.1. The lowest BCUT2D eigenvalue weighted by atomic mass is 10.4. The van der Waals surface area contributed by atoms with E-state index in [1.807, 2.05) is 6.92 Å². The molecule has 9 heavy (non-hydrogen) atoms. The van der Waals surface area contributed by atoms with Gasteiger partial charge in [0, 0.05) is 13.7 Å². The maximum atomic E-state index is 10.1. The van der Waals surface area contributed by atoms with Crippen LogP contribution in [0.1, 0.15) is 6.92 Å². The van der Waals surface area contributed by atoms with Crippen LogP contribution in [0.4, 0.5) is 4.79 Å². The normalized spacial score (nSPS) is 12.7. The van der Waals surface area contributed by atoms with Crippen molar-refractivity contribution in [3.63, 3.8) is 0 Å². The first-order valence-corrected chi connectivity index (χ1v) is 2.73. The number of methoxy groups -OCH3 is 1. The van der Waals surface area contributed by atoms with Crippen molar-refractivity contribution in [2.45, 2.75) is 13.0 Å². The molecule has 0 bridgehead atoms. The molecule has 2 amide bonds. The van der Waals surface area contributed by atoms with Crippen LogP contribution in [-0.4, -0.2) is 25.8 Å². The second-order valence-corrected chi connectivity index (χ2v) is 1.79. The van der Waals surface area contributed by atoms with Crippen molar-refractivity contribution >= 4 is 6.03 Å². The standard InChI is InChI=1S/C5H12N2O2/c1-4(9-2)3-7-5(6)8/h4H,3H2,1-2H3,(H3,6,7,8). The topological polar surface area (TPSA) is 64.3 Å². The van der Waals surface area contributed by atoms with Gasteiger partial charge in [0.2, 0.25) is 0 Å². The Morgan fingerprint density at radius 3 is 2.78 bits per heavy atom. The highest BCUT2D eigenvalue weighted by Gasteiger charge is 1.98. The molecule has 0 aromatic heterocycles. The van der Waals surface area contributed by atoms with E-state index < -0.39 is 6.03 Å². The van der Waals surface area contributed by atoms with Gasteiger partial charge in [-0.1, -0.05) is 0 Å². The number of hydrogen-bond donors (Lipinski definition) is 2. The molecule has 0 aromatic rings. The first-order chi connectivity index (χ1) is 4.16. The van der Waals surface area contributed by atoms with Crippen LogP contribution in [0.3, 0.4) is 0 Å². The van der Waals surface area contributed by atoms with E-state index in [0.29, 0.717) is 6.54 Å². The minimum atomic E-state index is -0.515. The third-order valence-corrected chi connectivity index (χ3v) is 0.966. The summed E-state index contributed by atoms with van der Waals surface area (Å²) in [5.74, 6) is 0. The summed E-state index contributed by atoms with van der Waals surface area (Å²) in [5.41, 5.74) is 4.79. The lowest BCUT2D eigenvalue weighted by molar-refractivity contribution is 0.119. The second kappa shape index (κ2) is 4.14. The van der Waals surface area contributed by atoms with Crippen LogP contribution in [0.2, 0.25) is 0 Å². The smallest absolute Gasteiger partial charge is 0.312 e. The molecule has 1 unspecified atom stereocenters. The molecule has 0 spiro atoms. The van der Waals surface area contributed by atoms with Gasteiger partial charge in [-0.3, -0.25) is 0 Å². The Morgan fingerprint density at radius 1 is 1.89 bits per heavy atom. The highest BCUT2D eigenvalue weighted by molar-refractivity contribution is 5.71. The number of primary amides is 1. The molecule has 0 aliphatic rings. The Hall–Kier alpha value is -0.770. The molecule has 0 aliphatic heterocycles. The van der Waals surface area contributed by atoms with Gasteiger partial charge in [0.15, 0.2) is 0 Å². The van der Waals surface area contributed by atoms with Crippen LogP contribution >= 0.6 is 0 Å². The first-order valence-electron chi connectivity index (χ1n) is 2.73. The summed E-state index contributed by atoms with van der Waals surface area (Å²) in [5, 5.41) is 2.41. The van der Waals surface area contributed by atoms with Gasteiger partial charge >= 0.3 is 6.03 Å². The zero-order chi connectivity index (χ0) is 7.28. The number of nitrogens with one attached hydrogen (secondary N) is 1. The molecule has 0 saturated heterocycles. The maximum Gasteiger partial charge on any atom is 0.312 e.